The molecule has 0 bridgehead atoms. The van der Waals surface area contributed by atoms with Crippen LogP contribution >= 0.6 is 11.6 Å². The summed E-state index contributed by atoms with van der Waals surface area (Å²) in [6, 6.07) is 17.5. The van der Waals surface area contributed by atoms with Crippen molar-refractivity contribution in [2.24, 2.45) is 0 Å². The molecule has 5 rings (SSSR count). The van der Waals surface area contributed by atoms with Crippen LogP contribution in [-0.4, -0.2) is 25.6 Å². The number of rotatable bonds is 5. The van der Waals surface area contributed by atoms with E-state index in [4.69, 9.17) is 16.9 Å². The van der Waals surface area contributed by atoms with E-state index in [0.717, 1.165) is 16.8 Å². The van der Waals surface area contributed by atoms with Crippen LogP contribution in [0.25, 0.3) is 11.3 Å². The first-order valence-electron chi connectivity index (χ1n) is 10.3. The van der Waals surface area contributed by atoms with Gasteiger partial charge < -0.3 is 4.90 Å². The summed E-state index contributed by atoms with van der Waals surface area (Å²) in [6.07, 6.45) is 3.46. The summed E-state index contributed by atoms with van der Waals surface area (Å²) in [4.78, 5) is 18.4. The number of nitrogens with zero attached hydrogens (tertiary/aromatic N) is 5. The lowest BCUT2D eigenvalue weighted by Gasteiger charge is -2.16. The van der Waals surface area contributed by atoms with Gasteiger partial charge in [-0.1, -0.05) is 29.8 Å². The van der Waals surface area contributed by atoms with E-state index in [1.807, 2.05) is 18.2 Å². The van der Waals surface area contributed by atoms with Crippen LogP contribution in [0.3, 0.4) is 0 Å². The average Bonchev–Trinajstić information content (AvgIpc) is 3.40. The van der Waals surface area contributed by atoms with Gasteiger partial charge in [0.2, 0.25) is 0 Å². The van der Waals surface area contributed by atoms with Crippen molar-refractivity contribution in [2.75, 3.05) is 0 Å². The van der Waals surface area contributed by atoms with Crippen LogP contribution in [0.1, 0.15) is 32.7 Å². The maximum Gasteiger partial charge on any atom is 0.256 e. The van der Waals surface area contributed by atoms with Crippen molar-refractivity contribution >= 4 is 17.5 Å². The van der Waals surface area contributed by atoms with Crippen LogP contribution < -0.4 is 0 Å². The molecule has 2 aromatic carbocycles. The number of aromatic nitrogens is 3. The lowest BCUT2D eigenvalue weighted by molar-refractivity contribution is 0.0765. The van der Waals surface area contributed by atoms with E-state index in [2.05, 4.69) is 10.1 Å². The third kappa shape index (κ3) is 4.09. The minimum absolute atomic E-state index is 0.131. The molecule has 0 aliphatic carbocycles. The Labute approximate surface area is 194 Å². The fourth-order valence-corrected chi connectivity index (χ4v) is 4.11. The Kier molecular flexibility index (Phi) is 5.37. The first-order chi connectivity index (χ1) is 16.0. The van der Waals surface area contributed by atoms with Gasteiger partial charge in [-0.2, -0.15) is 10.4 Å². The summed E-state index contributed by atoms with van der Waals surface area (Å²) >= 11 is 6.12. The monoisotopic (exact) mass is 457 g/mol. The van der Waals surface area contributed by atoms with Crippen molar-refractivity contribution in [3.8, 4) is 17.3 Å². The zero-order valence-corrected chi connectivity index (χ0v) is 18.1. The first kappa shape index (κ1) is 20.9. The maximum atomic E-state index is 14.8. The number of amides is 1. The molecule has 0 unspecified atom stereocenters. The molecule has 33 heavy (non-hydrogen) atoms. The topological polar surface area (TPSA) is 74.8 Å². The molecule has 0 radical (unpaired) electrons. The van der Waals surface area contributed by atoms with Gasteiger partial charge in [0.05, 0.1) is 40.6 Å². The van der Waals surface area contributed by atoms with Gasteiger partial charge >= 0.3 is 0 Å². The number of carbonyl (C=O) groups excluding carboxylic acids is 1. The van der Waals surface area contributed by atoms with Gasteiger partial charge in [0.1, 0.15) is 11.9 Å². The van der Waals surface area contributed by atoms with Crippen molar-refractivity contribution in [1.29, 1.82) is 5.26 Å². The van der Waals surface area contributed by atoms with Gasteiger partial charge in [-0.25, -0.2) is 4.39 Å². The molecule has 162 valence electrons. The second-order valence-corrected chi connectivity index (χ2v) is 8.20. The smallest absolute Gasteiger partial charge is 0.256 e. The summed E-state index contributed by atoms with van der Waals surface area (Å²) in [5.41, 5.74) is 4.41. The lowest BCUT2D eigenvalue weighted by atomic mass is 10.1. The minimum Gasteiger partial charge on any atom is -0.328 e. The highest BCUT2D eigenvalue weighted by Crippen LogP contribution is 2.25. The van der Waals surface area contributed by atoms with Gasteiger partial charge in [-0.3, -0.25) is 14.5 Å². The average molecular weight is 458 g/mol. The molecule has 4 aromatic rings. The number of hydrogen-bond donors (Lipinski definition) is 0. The summed E-state index contributed by atoms with van der Waals surface area (Å²) < 4.78 is 16.5. The van der Waals surface area contributed by atoms with Gasteiger partial charge in [-0.05, 0) is 42.0 Å². The molecule has 1 aliphatic heterocycles. The summed E-state index contributed by atoms with van der Waals surface area (Å²) in [5, 5.41) is 13.9. The second kappa shape index (κ2) is 8.49. The Balaban J connectivity index is 1.29. The molecule has 3 heterocycles. The Morgan fingerprint density at radius 2 is 2.00 bits per heavy atom. The van der Waals surface area contributed by atoms with Crippen LogP contribution in [0, 0.1) is 17.1 Å². The van der Waals surface area contributed by atoms with E-state index in [9.17, 15) is 9.18 Å². The van der Waals surface area contributed by atoms with E-state index in [1.165, 1.54) is 6.07 Å². The van der Waals surface area contributed by atoms with Gasteiger partial charge in [0.25, 0.3) is 5.91 Å². The fraction of sp³-hybridized carbons (Fsp3) is 0.120. The molecule has 0 N–H and O–H groups in total. The standard InChI is InChI=1S/C25H17ClFN5O/c26-21-11-17(5-6-18(21)12-28)23-7-9-32(30-23)13-16-3-4-19(22(27)10-16)14-31-15-24-20(25(31)33)2-1-8-29-24/h1-11H,13-15H2. The van der Waals surface area contributed by atoms with E-state index >= 15 is 0 Å². The van der Waals surface area contributed by atoms with E-state index in [-0.39, 0.29) is 18.3 Å². The summed E-state index contributed by atoms with van der Waals surface area (Å²) in [7, 11) is 0. The predicted molar refractivity (Wildman–Crippen MR) is 121 cm³/mol. The number of carbonyl (C=O) groups is 1. The Bertz CT molecular complexity index is 1420. The van der Waals surface area contributed by atoms with E-state index in [0.29, 0.717) is 40.5 Å². The number of fused-ring (bicyclic) bond motifs is 1. The Hall–Kier alpha value is -4.02. The third-order valence-corrected chi connectivity index (χ3v) is 5.91. The minimum atomic E-state index is -0.365. The molecule has 0 saturated heterocycles. The number of pyridine rings is 1. The molecular weight excluding hydrogens is 441 g/mol. The van der Waals surface area contributed by atoms with Crippen molar-refractivity contribution in [1.82, 2.24) is 19.7 Å². The largest absolute Gasteiger partial charge is 0.328 e. The third-order valence-electron chi connectivity index (χ3n) is 5.60. The van der Waals surface area contributed by atoms with Crippen molar-refractivity contribution < 1.29 is 9.18 Å². The highest BCUT2D eigenvalue weighted by atomic mass is 35.5. The molecular formula is C25H17ClFN5O. The second-order valence-electron chi connectivity index (χ2n) is 7.79. The first-order valence-corrected chi connectivity index (χ1v) is 10.6. The molecule has 8 heteroatoms. The van der Waals surface area contributed by atoms with Gasteiger partial charge in [0, 0.05) is 30.1 Å². The lowest BCUT2D eigenvalue weighted by Crippen LogP contribution is -2.23. The molecule has 0 atom stereocenters. The Morgan fingerprint density at radius 3 is 2.76 bits per heavy atom. The van der Waals surface area contributed by atoms with Crippen molar-refractivity contribution in [2.45, 2.75) is 19.6 Å². The zero-order chi connectivity index (χ0) is 22.9. The molecule has 0 spiro atoms. The summed E-state index contributed by atoms with van der Waals surface area (Å²) in [5.74, 6) is -0.496. The SMILES string of the molecule is N#Cc1ccc(-c2ccn(Cc3ccc(CN4Cc5ncccc5C4=O)c(F)c3)n2)cc1Cl. The molecule has 0 saturated carbocycles. The van der Waals surface area contributed by atoms with Crippen molar-refractivity contribution in [3.63, 3.8) is 0 Å². The van der Waals surface area contributed by atoms with Crippen molar-refractivity contribution in [3.05, 3.63) is 106 Å². The Morgan fingerprint density at radius 1 is 1.12 bits per heavy atom. The maximum absolute atomic E-state index is 14.8. The van der Waals surface area contributed by atoms with Gasteiger partial charge in [0.15, 0.2) is 0 Å². The zero-order valence-electron chi connectivity index (χ0n) is 17.4. The van der Waals surface area contributed by atoms with Crippen LogP contribution in [0.4, 0.5) is 4.39 Å². The van der Waals surface area contributed by atoms with Crippen LogP contribution in [0.15, 0.2) is 67.0 Å². The predicted octanol–water partition coefficient (Wildman–Crippen LogP) is 4.81. The van der Waals surface area contributed by atoms with Gasteiger partial charge in [-0.15, -0.1) is 0 Å². The van der Waals surface area contributed by atoms with Crippen LogP contribution in [0.5, 0.6) is 0 Å². The molecule has 2 aromatic heterocycles. The normalized spacial score (nSPS) is 12.6. The van der Waals surface area contributed by atoms with Crippen LogP contribution in [-0.2, 0) is 19.6 Å². The highest BCUT2D eigenvalue weighted by Gasteiger charge is 2.28. The number of benzene rings is 2. The summed E-state index contributed by atoms with van der Waals surface area (Å²) in [6.45, 7) is 0.956. The van der Waals surface area contributed by atoms with Crippen LogP contribution in [0.2, 0.25) is 5.02 Å². The molecule has 1 amide bonds. The van der Waals surface area contributed by atoms with E-state index < -0.39 is 0 Å². The number of halogens is 2. The fourth-order valence-electron chi connectivity index (χ4n) is 3.89. The van der Waals surface area contributed by atoms with E-state index in [1.54, 1.807) is 58.4 Å². The molecule has 6 nitrogen and oxygen atoms in total. The quantitative estimate of drug-likeness (QED) is 0.431. The number of hydrogen-bond acceptors (Lipinski definition) is 4. The molecule has 0 fully saturated rings. The number of nitriles is 1. The highest BCUT2D eigenvalue weighted by molar-refractivity contribution is 6.32. The molecule has 1 aliphatic rings.